The van der Waals surface area contributed by atoms with Gasteiger partial charge in [-0.05, 0) is 24.3 Å². The maximum Gasteiger partial charge on any atom is 0.270 e. The molecule has 12 heteroatoms. The normalized spacial score (nSPS) is 17.9. The summed E-state index contributed by atoms with van der Waals surface area (Å²) in [4.78, 5) is 27.1. The van der Waals surface area contributed by atoms with Crippen LogP contribution in [-0.2, 0) is 19.6 Å². The molecule has 5 rings (SSSR count). The Bertz CT molecular complexity index is 1350. The summed E-state index contributed by atoms with van der Waals surface area (Å²) >= 11 is 0.972. The van der Waals surface area contributed by atoms with Gasteiger partial charge in [0.1, 0.15) is 21.6 Å². The number of amides is 2. The van der Waals surface area contributed by atoms with Crippen molar-refractivity contribution in [2.45, 2.75) is 17.7 Å². The number of para-hydroxylation sites is 1. The second-order valence-electron chi connectivity index (χ2n) is 7.67. The fourth-order valence-corrected chi connectivity index (χ4v) is 6.10. The fourth-order valence-electron chi connectivity index (χ4n) is 3.92. The summed E-state index contributed by atoms with van der Waals surface area (Å²) in [6.07, 6.45) is 0.456. The van der Waals surface area contributed by atoms with Crippen molar-refractivity contribution < 1.29 is 18.0 Å². The zero-order valence-electron chi connectivity index (χ0n) is 17.5. The number of hydrogen-bond acceptors (Lipinski definition) is 8. The molecule has 0 spiro atoms. The van der Waals surface area contributed by atoms with Crippen LogP contribution in [0.15, 0.2) is 58.5 Å². The Morgan fingerprint density at radius 1 is 0.909 bits per heavy atom. The lowest BCUT2D eigenvalue weighted by Crippen LogP contribution is -2.52. The van der Waals surface area contributed by atoms with E-state index in [1.54, 1.807) is 41.3 Å². The van der Waals surface area contributed by atoms with Crippen LogP contribution in [0.3, 0.4) is 0 Å². The number of carbonyl (C=O) groups excluding carboxylic acids is 2. The predicted octanol–water partition coefficient (Wildman–Crippen LogP) is 1.71. The molecule has 0 aliphatic carbocycles. The van der Waals surface area contributed by atoms with Crippen molar-refractivity contribution in [3.63, 3.8) is 0 Å². The first-order valence-electron chi connectivity index (χ1n) is 10.4. The standard InChI is InChI=1S/C21H20N6O4S2/c28-19-10-9-17(22-27(19)15-5-2-1-3-6-15)21(29)25-11-13-26(14-12-25)33(30,31)18-8-4-7-16-20(18)24-32-23-16/h1-8H,9-14H2. The highest BCUT2D eigenvalue weighted by molar-refractivity contribution is 7.89. The number of sulfonamides is 1. The van der Waals surface area contributed by atoms with E-state index in [4.69, 9.17) is 0 Å². The number of rotatable bonds is 4. The lowest BCUT2D eigenvalue weighted by atomic mass is 10.1. The highest BCUT2D eigenvalue weighted by Gasteiger charge is 2.34. The summed E-state index contributed by atoms with van der Waals surface area (Å²) < 4.78 is 36.0. The van der Waals surface area contributed by atoms with E-state index in [0.717, 1.165) is 11.7 Å². The van der Waals surface area contributed by atoms with Crippen LogP contribution in [0.25, 0.3) is 11.0 Å². The molecule has 3 aromatic rings. The van der Waals surface area contributed by atoms with Crippen molar-refractivity contribution in [1.82, 2.24) is 18.0 Å². The maximum absolute atomic E-state index is 13.2. The highest BCUT2D eigenvalue weighted by Crippen LogP contribution is 2.26. The van der Waals surface area contributed by atoms with Crippen LogP contribution >= 0.6 is 11.7 Å². The second-order valence-corrected chi connectivity index (χ2v) is 10.1. The van der Waals surface area contributed by atoms with E-state index in [2.05, 4.69) is 13.8 Å². The average Bonchev–Trinajstić information content (AvgIpc) is 3.33. The van der Waals surface area contributed by atoms with E-state index in [1.165, 1.54) is 15.4 Å². The minimum absolute atomic E-state index is 0.127. The second kappa shape index (κ2) is 8.61. The van der Waals surface area contributed by atoms with Gasteiger partial charge in [0.25, 0.3) is 5.91 Å². The van der Waals surface area contributed by atoms with Crippen molar-refractivity contribution in [2.75, 3.05) is 31.2 Å². The first kappa shape index (κ1) is 21.6. The minimum atomic E-state index is -3.77. The van der Waals surface area contributed by atoms with Gasteiger partial charge in [0.15, 0.2) is 0 Å². The number of hydrazone groups is 1. The Hall–Kier alpha value is -3.22. The molecule has 1 saturated heterocycles. The summed E-state index contributed by atoms with van der Waals surface area (Å²) in [6.45, 7) is 0.802. The third-order valence-corrected chi connectivity index (χ3v) is 8.15. The molecule has 170 valence electrons. The van der Waals surface area contributed by atoms with Crippen LogP contribution in [0, 0.1) is 0 Å². The molecule has 2 aromatic carbocycles. The Morgan fingerprint density at radius 3 is 2.42 bits per heavy atom. The first-order chi connectivity index (χ1) is 15.9. The molecule has 2 aliphatic rings. The van der Waals surface area contributed by atoms with E-state index in [1.807, 2.05) is 6.07 Å². The molecule has 0 bridgehead atoms. The highest BCUT2D eigenvalue weighted by atomic mass is 32.2. The third-order valence-electron chi connectivity index (χ3n) is 5.67. The summed E-state index contributed by atoms with van der Waals surface area (Å²) in [5.74, 6) is -0.439. The van der Waals surface area contributed by atoms with Gasteiger partial charge in [-0.15, -0.1) is 0 Å². The lowest BCUT2D eigenvalue weighted by molar-refractivity contribution is -0.125. The summed E-state index contributed by atoms with van der Waals surface area (Å²) in [7, 11) is -3.77. The Labute approximate surface area is 194 Å². The van der Waals surface area contributed by atoms with Gasteiger partial charge in [-0.1, -0.05) is 24.3 Å². The Kier molecular flexibility index (Phi) is 5.64. The average molecular weight is 485 g/mol. The molecule has 1 fully saturated rings. The third kappa shape index (κ3) is 4.01. The van der Waals surface area contributed by atoms with Crippen LogP contribution in [0.5, 0.6) is 0 Å². The van der Waals surface area contributed by atoms with E-state index < -0.39 is 10.0 Å². The van der Waals surface area contributed by atoms with Crippen molar-refractivity contribution >= 4 is 56.0 Å². The molecule has 0 radical (unpaired) electrons. The fraction of sp³-hybridized carbons (Fsp3) is 0.286. The molecule has 0 saturated carbocycles. The first-order valence-corrected chi connectivity index (χ1v) is 12.6. The Morgan fingerprint density at radius 2 is 1.67 bits per heavy atom. The number of aromatic nitrogens is 2. The van der Waals surface area contributed by atoms with E-state index >= 15 is 0 Å². The predicted molar refractivity (Wildman–Crippen MR) is 123 cm³/mol. The smallest absolute Gasteiger partial charge is 0.270 e. The molecule has 2 amide bonds. The maximum atomic E-state index is 13.2. The van der Waals surface area contributed by atoms with Gasteiger partial charge >= 0.3 is 0 Å². The van der Waals surface area contributed by atoms with Crippen molar-refractivity contribution in [3.8, 4) is 0 Å². The van der Waals surface area contributed by atoms with Crippen molar-refractivity contribution in [2.24, 2.45) is 5.10 Å². The SMILES string of the molecule is O=C(C1=NN(c2ccccc2)C(=O)CC1)N1CCN(S(=O)(=O)c2cccc3nsnc23)CC1. The largest absolute Gasteiger partial charge is 0.335 e. The van der Waals surface area contributed by atoms with Crippen LogP contribution in [0.2, 0.25) is 0 Å². The van der Waals surface area contributed by atoms with Gasteiger partial charge in [0.05, 0.1) is 17.4 Å². The van der Waals surface area contributed by atoms with Crippen molar-refractivity contribution in [3.05, 3.63) is 48.5 Å². The van der Waals surface area contributed by atoms with Gasteiger partial charge in [-0.3, -0.25) is 9.59 Å². The van der Waals surface area contributed by atoms with Gasteiger partial charge in [0, 0.05) is 39.0 Å². The molecule has 3 heterocycles. The minimum Gasteiger partial charge on any atom is -0.335 e. The van der Waals surface area contributed by atoms with Gasteiger partial charge < -0.3 is 4.90 Å². The zero-order chi connectivity index (χ0) is 23.0. The Balaban J connectivity index is 1.30. The molecule has 33 heavy (non-hydrogen) atoms. The van der Waals surface area contributed by atoms with Crippen LogP contribution in [0.4, 0.5) is 5.69 Å². The summed E-state index contributed by atoms with van der Waals surface area (Å²) in [5, 5.41) is 5.58. The molecule has 1 aromatic heterocycles. The van der Waals surface area contributed by atoms with E-state index in [-0.39, 0.29) is 55.7 Å². The number of carbonyl (C=O) groups is 2. The summed E-state index contributed by atoms with van der Waals surface area (Å²) in [5.41, 5.74) is 1.81. The quantitative estimate of drug-likeness (QED) is 0.557. The molecular weight excluding hydrogens is 464 g/mol. The number of nitrogens with zero attached hydrogens (tertiary/aromatic N) is 6. The van der Waals surface area contributed by atoms with Gasteiger partial charge in [-0.25, -0.2) is 13.4 Å². The monoisotopic (exact) mass is 484 g/mol. The number of benzene rings is 2. The van der Waals surface area contributed by atoms with E-state index in [0.29, 0.717) is 22.4 Å². The molecular formula is C21H20N6O4S2. The van der Waals surface area contributed by atoms with Crippen LogP contribution in [0.1, 0.15) is 12.8 Å². The number of hydrogen-bond donors (Lipinski definition) is 0. The lowest BCUT2D eigenvalue weighted by Gasteiger charge is -2.35. The number of piperazine rings is 1. The van der Waals surface area contributed by atoms with Gasteiger partial charge in [0.2, 0.25) is 15.9 Å². The zero-order valence-corrected chi connectivity index (χ0v) is 19.1. The number of fused-ring (bicyclic) bond motifs is 1. The molecule has 0 N–H and O–H groups in total. The van der Waals surface area contributed by atoms with Crippen LogP contribution in [-0.4, -0.2) is 70.1 Å². The number of anilines is 1. The van der Waals surface area contributed by atoms with Gasteiger partial charge in [-0.2, -0.15) is 18.2 Å². The molecule has 10 nitrogen and oxygen atoms in total. The van der Waals surface area contributed by atoms with E-state index in [9.17, 15) is 18.0 Å². The molecule has 2 aliphatic heterocycles. The summed E-state index contributed by atoms with van der Waals surface area (Å²) in [6, 6.07) is 13.9. The topological polar surface area (TPSA) is 116 Å². The van der Waals surface area contributed by atoms with Crippen molar-refractivity contribution in [1.29, 1.82) is 0 Å². The van der Waals surface area contributed by atoms with Crippen LogP contribution < -0.4 is 5.01 Å². The molecule has 0 unspecified atom stereocenters. The molecule has 0 atom stereocenters.